The topological polar surface area (TPSA) is 107 Å². The molecule has 1 saturated heterocycles. The number of carbonyl (C=O) groups is 1. The van der Waals surface area contributed by atoms with Crippen LogP contribution in [0.3, 0.4) is 0 Å². The van der Waals surface area contributed by atoms with Crippen LogP contribution in [0.2, 0.25) is 0 Å². The third-order valence-electron chi connectivity index (χ3n) is 5.59. The van der Waals surface area contributed by atoms with Gasteiger partial charge in [0.25, 0.3) is 0 Å². The molecule has 1 aromatic heterocycles. The number of nitrogens with zero attached hydrogens (tertiary/aromatic N) is 6. The van der Waals surface area contributed by atoms with Gasteiger partial charge < -0.3 is 24.4 Å². The summed E-state index contributed by atoms with van der Waals surface area (Å²) in [6.07, 6.45) is 0. The maximum atomic E-state index is 12.7. The van der Waals surface area contributed by atoms with Crippen LogP contribution in [0.5, 0.6) is 17.2 Å². The van der Waals surface area contributed by atoms with Crippen molar-refractivity contribution < 1.29 is 19.0 Å². The fraction of sp³-hybridized carbons (Fsp3) is 0.391. The highest BCUT2D eigenvalue weighted by Crippen LogP contribution is 2.29. The molecule has 0 saturated carbocycles. The lowest BCUT2D eigenvalue weighted by atomic mass is 10.2. The standard InChI is InChI=1S/C23H29N7O4/c1-4-34-19-8-6-18(7-9-19)30-22(25-26-27-30)16-28-11-13-29(14-12-28)23(31)24-17-5-10-20(32-2)21(15-17)33-3/h5-10,15H,4,11-14,16H2,1-3H3,(H,24,31). The van der Waals surface area contributed by atoms with Crippen LogP contribution in [-0.2, 0) is 6.54 Å². The number of anilines is 1. The summed E-state index contributed by atoms with van der Waals surface area (Å²) in [7, 11) is 3.14. The van der Waals surface area contributed by atoms with E-state index in [9.17, 15) is 4.79 Å². The van der Waals surface area contributed by atoms with Gasteiger partial charge in [0.05, 0.1) is 33.1 Å². The predicted molar refractivity (Wildman–Crippen MR) is 126 cm³/mol. The number of hydrogen-bond donors (Lipinski definition) is 1. The Hall–Kier alpha value is -3.86. The van der Waals surface area contributed by atoms with E-state index in [1.165, 1.54) is 0 Å². The van der Waals surface area contributed by atoms with Crippen LogP contribution >= 0.6 is 0 Å². The Morgan fingerprint density at radius 1 is 1.00 bits per heavy atom. The maximum absolute atomic E-state index is 12.7. The smallest absolute Gasteiger partial charge is 0.321 e. The number of urea groups is 1. The van der Waals surface area contributed by atoms with Gasteiger partial charge in [-0.3, -0.25) is 4.90 Å². The number of benzene rings is 2. The first kappa shape index (κ1) is 23.3. The van der Waals surface area contributed by atoms with Crippen molar-refractivity contribution in [2.24, 2.45) is 0 Å². The van der Waals surface area contributed by atoms with Crippen LogP contribution in [0.25, 0.3) is 5.69 Å². The second-order valence-electron chi connectivity index (χ2n) is 7.70. The number of piperazine rings is 1. The number of nitrogens with one attached hydrogen (secondary N) is 1. The van der Waals surface area contributed by atoms with Crippen molar-refractivity contribution in [2.45, 2.75) is 13.5 Å². The average Bonchev–Trinajstić information content (AvgIpc) is 3.33. The van der Waals surface area contributed by atoms with E-state index in [1.54, 1.807) is 42.0 Å². The van der Waals surface area contributed by atoms with Gasteiger partial charge in [-0.05, 0) is 53.7 Å². The number of amides is 2. The fourth-order valence-corrected chi connectivity index (χ4v) is 3.78. The molecular formula is C23H29N7O4. The molecule has 1 N–H and O–H groups in total. The zero-order valence-corrected chi connectivity index (χ0v) is 19.6. The van der Waals surface area contributed by atoms with E-state index >= 15 is 0 Å². The van der Waals surface area contributed by atoms with Crippen molar-refractivity contribution in [1.82, 2.24) is 30.0 Å². The fourth-order valence-electron chi connectivity index (χ4n) is 3.78. The number of aromatic nitrogens is 4. The van der Waals surface area contributed by atoms with Crippen molar-refractivity contribution >= 4 is 11.7 Å². The molecule has 0 radical (unpaired) electrons. The zero-order chi connectivity index (χ0) is 23.9. The molecule has 0 aliphatic carbocycles. The van der Waals surface area contributed by atoms with Crippen LogP contribution in [0.1, 0.15) is 12.7 Å². The minimum Gasteiger partial charge on any atom is -0.494 e. The van der Waals surface area contributed by atoms with Gasteiger partial charge in [0, 0.05) is 37.9 Å². The van der Waals surface area contributed by atoms with Crippen LogP contribution in [0, 0.1) is 0 Å². The summed E-state index contributed by atoms with van der Waals surface area (Å²) in [5, 5.41) is 15.1. The number of ether oxygens (including phenoxy) is 3. The minimum atomic E-state index is -0.147. The van der Waals surface area contributed by atoms with Gasteiger partial charge >= 0.3 is 6.03 Å². The summed E-state index contributed by atoms with van der Waals surface area (Å²) in [6.45, 7) is 5.80. The van der Waals surface area contributed by atoms with Gasteiger partial charge in [-0.15, -0.1) is 5.10 Å². The average molecular weight is 468 g/mol. The Bertz CT molecular complexity index is 1090. The van der Waals surface area contributed by atoms with E-state index in [1.807, 2.05) is 31.2 Å². The minimum absolute atomic E-state index is 0.147. The van der Waals surface area contributed by atoms with Crippen LogP contribution < -0.4 is 19.5 Å². The normalized spacial score (nSPS) is 14.0. The number of rotatable bonds is 8. The Kier molecular flexibility index (Phi) is 7.43. The summed E-state index contributed by atoms with van der Waals surface area (Å²) in [6, 6.07) is 12.8. The van der Waals surface area contributed by atoms with Crippen LogP contribution in [-0.4, -0.2) is 83.0 Å². The van der Waals surface area contributed by atoms with E-state index < -0.39 is 0 Å². The Morgan fingerprint density at radius 2 is 1.74 bits per heavy atom. The molecule has 180 valence electrons. The molecule has 0 atom stereocenters. The molecule has 0 spiro atoms. The van der Waals surface area contributed by atoms with Gasteiger partial charge in [-0.2, -0.15) is 4.68 Å². The van der Waals surface area contributed by atoms with Gasteiger partial charge in [0.2, 0.25) is 0 Å². The Balaban J connectivity index is 1.32. The number of hydrogen-bond acceptors (Lipinski definition) is 8. The van der Waals surface area contributed by atoms with E-state index in [4.69, 9.17) is 14.2 Å². The van der Waals surface area contributed by atoms with Crippen LogP contribution in [0.4, 0.5) is 10.5 Å². The first-order valence-corrected chi connectivity index (χ1v) is 11.1. The highest BCUT2D eigenvalue weighted by Gasteiger charge is 2.23. The summed E-state index contributed by atoms with van der Waals surface area (Å²) in [5.74, 6) is 2.73. The van der Waals surface area contributed by atoms with E-state index in [-0.39, 0.29) is 6.03 Å². The van der Waals surface area contributed by atoms with E-state index in [0.29, 0.717) is 43.4 Å². The Labute approximate surface area is 198 Å². The van der Waals surface area contributed by atoms with Gasteiger partial charge in [-0.1, -0.05) is 0 Å². The van der Waals surface area contributed by atoms with Crippen LogP contribution in [0.15, 0.2) is 42.5 Å². The molecule has 2 aromatic carbocycles. The molecule has 0 unspecified atom stereocenters. The molecule has 11 nitrogen and oxygen atoms in total. The first-order chi connectivity index (χ1) is 16.6. The quantitative estimate of drug-likeness (QED) is 0.538. The summed E-state index contributed by atoms with van der Waals surface area (Å²) < 4.78 is 17.8. The van der Waals surface area contributed by atoms with Crippen molar-refractivity contribution in [3.8, 4) is 22.9 Å². The van der Waals surface area contributed by atoms with E-state index in [0.717, 1.165) is 30.4 Å². The molecule has 34 heavy (non-hydrogen) atoms. The molecule has 2 amide bonds. The number of tetrazole rings is 1. The molecule has 1 aliphatic rings. The monoisotopic (exact) mass is 467 g/mol. The predicted octanol–water partition coefficient (Wildman–Crippen LogP) is 2.43. The highest BCUT2D eigenvalue weighted by atomic mass is 16.5. The largest absolute Gasteiger partial charge is 0.494 e. The molecule has 2 heterocycles. The molecule has 1 fully saturated rings. The van der Waals surface area contributed by atoms with Crippen molar-refractivity contribution in [1.29, 1.82) is 0 Å². The lowest BCUT2D eigenvalue weighted by molar-refractivity contribution is 0.140. The van der Waals surface area contributed by atoms with Crippen molar-refractivity contribution in [2.75, 3.05) is 52.3 Å². The number of methoxy groups -OCH3 is 2. The third-order valence-corrected chi connectivity index (χ3v) is 5.59. The molecule has 1 aliphatic heterocycles. The molecule has 11 heteroatoms. The number of carbonyl (C=O) groups excluding carboxylic acids is 1. The maximum Gasteiger partial charge on any atom is 0.321 e. The molecular weight excluding hydrogens is 438 g/mol. The molecule has 0 bridgehead atoms. The van der Waals surface area contributed by atoms with Crippen molar-refractivity contribution in [3.63, 3.8) is 0 Å². The summed E-state index contributed by atoms with van der Waals surface area (Å²) >= 11 is 0. The second-order valence-corrected chi connectivity index (χ2v) is 7.70. The molecule has 4 rings (SSSR count). The lowest BCUT2D eigenvalue weighted by Crippen LogP contribution is -2.49. The van der Waals surface area contributed by atoms with Gasteiger partial charge in [-0.25, -0.2) is 4.79 Å². The SMILES string of the molecule is CCOc1ccc(-n2nnnc2CN2CCN(C(=O)Nc3ccc(OC)c(OC)c3)CC2)cc1. The van der Waals surface area contributed by atoms with Crippen molar-refractivity contribution in [3.05, 3.63) is 48.3 Å². The molecule has 3 aromatic rings. The zero-order valence-electron chi connectivity index (χ0n) is 19.6. The summed E-state index contributed by atoms with van der Waals surface area (Å²) in [4.78, 5) is 16.8. The lowest BCUT2D eigenvalue weighted by Gasteiger charge is -2.34. The van der Waals surface area contributed by atoms with Gasteiger partial charge in [0.15, 0.2) is 17.3 Å². The van der Waals surface area contributed by atoms with E-state index in [2.05, 4.69) is 25.7 Å². The Morgan fingerprint density at radius 3 is 2.41 bits per heavy atom. The first-order valence-electron chi connectivity index (χ1n) is 11.1. The summed E-state index contributed by atoms with van der Waals surface area (Å²) in [5.41, 5.74) is 1.52. The second kappa shape index (κ2) is 10.8. The third kappa shape index (κ3) is 5.37. The highest BCUT2D eigenvalue weighted by molar-refractivity contribution is 5.89. The van der Waals surface area contributed by atoms with Gasteiger partial charge in [0.1, 0.15) is 5.75 Å².